The summed E-state index contributed by atoms with van der Waals surface area (Å²) >= 11 is 0. The van der Waals surface area contributed by atoms with Crippen molar-refractivity contribution in [3.8, 4) is 33.4 Å². The van der Waals surface area contributed by atoms with Crippen LogP contribution in [0.25, 0.3) is 44.2 Å². The van der Waals surface area contributed by atoms with E-state index in [4.69, 9.17) is 0 Å². The van der Waals surface area contributed by atoms with E-state index in [9.17, 15) is 0 Å². The number of fused-ring (bicyclic) bond motifs is 15. The summed E-state index contributed by atoms with van der Waals surface area (Å²) in [4.78, 5) is 4.89. The molecular formula is C62H44N2. The summed E-state index contributed by atoms with van der Waals surface area (Å²) in [6.07, 6.45) is 0. The lowest BCUT2D eigenvalue weighted by Crippen LogP contribution is -2.26. The van der Waals surface area contributed by atoms with Crippen LogP contribution in [0.5, 0.6) is 0 Å². The van der Waals surface area contributed by atoms with E-state index < -0.39 is 5.41 Å². The molecular weight excluding hydrogens is 773 g/mol. The summed E-state index contributed by atoms with van der Waals surface area (Å²) in [7, 11) is 0. The lowest BCUT2D eigenvalue weighted by Gasteiger charge is -2.33. The van der Waals surface area contributed by atoms with Crippen LogP contribution in [-0.2, 0) is 10.8 Å². The number of hydrogen-bond acceptors (Lipinski definition) is 2. The van der Waals surface area contributed by atoms with Crippen LogP contribution < -0.4 is 9.80 Å². The zero-order valence-corrected chi connectivity index (χ0v) is 35.8. The number of anilines is 6. The third-order valence-electron chi connectivity index (χ3n) is 14.4. The summed E-state index contributed by atoms with van der Waals surface area (Å²) in [5.74, 6) is 0. The van der Waals surface area contributed by atoms with Crippen LogP contribution in [0.15, 0.2) is 231 Å². The van der Waals surface area contributed by atoms with E-state index in [0.717, 1.165) is 28.4 Å². The van der Waals surface area contributed by atoms with E-state index in [1.54, 1.807) is 0 Å². The first kappa shape index (κ1) is 36.7. The molecule has 0 aliphatic heterocycles. The molecule has 1 atom stereocenters. The van der Waals surface area contributed by atoms with Crippen LogP contribution >= 0.6 is 0 Å². The maximum atomic E-state index is 2.55. The number of rotatable bonds is 6. The quantitative estimate of drug-likeness (QED) is 0.165. The van der Waals surface area contributed by atoms with E-state index in [-0.39, 0.29) is 5.41 Å². The summed E-state index contributed by atoms with van der Waals surface area (Å²) in [6.45, 7) is 4.72. The first-order chi connectivity index (χ1) is 31.5. The molecule has 13 rings (SSSR count). The smallest absolute Gasteiger partial charge is 0.0726 e. The van der Waals surface area contributed by atoms with Gasteiger partial charge in [0.15, 0.2) is 0 Å². The van der Waals surface area contributed by atoms with Gasteiger partial charge in [0.1, 0.15) is 0 Å². The molecule has 10 aromatic carbocycles. The molecule has 0 amide bonds. The Morgan fingerprint density at radius 2 is 0.688 bits per heavy atom. The van der Waals surface area contributed by atoms with Crippen molar-refractivity contribution in [1.29, 1.82) is 0 Å². The second kappa shape index (κ2) is 13.8. The van der Waals surface area contributed by atoms with Crippen LogP contribution in [0.4, 0.5) is 34.1 Å². The molecule has 302 valence electrons. The topological polar surface area (TPSA) is 6.48 Å². The zero-order chi connectivity index (χ0) is 42.6. The molecule has 10 aromatic rings. The van der Waals surface area contributed by atoms with Gasteiger partial charge in [-0.1, -0.05) is 178 Å². The highest BCUT2D eigenvalue weighted by molar-refractivity contribution is 6.12. The SMILES string of the molecule is CC1(C)c2ccccc2-c2cc(N(c3ccccc3)c3cc4c(c5ccccc35)-c3ccccc3C43c4ccccc4-c4cc(N(c5ccccc5)c5ccccc5)ccc43)ccc21. The molecule has 0 N–H and O–H groups in total. The van der Waals surface area contributed by atoms with Crippen LogP contribution in [0.2, 0.25) is 0 Å². The van der Waals surface area contributed by atoms with Crippen LogP contribution in [-0.4, -0.2) is 0 Å². The summed E-state index contributed by atoms with van der Waals surface area (Å²) < 4.78 is 0. The van der Waals surface area contributed by atoms with Gasteiger partial charge >= 0.3 is 0 Å². The Morgan fingerprint density at radius 3 is 1.31 bits per heavy atom. The minimum Gasteiger partial charge on any atom is -0.310 e. The average Bonchev–Trinajstić information content (AvgIpc) is 3.91. The maximum absolute atomic E-state index is 2.55. The molecule has 2 heteroatoms. The fraction of sp³-hybridized carbons (Fsp3) is 0.0645. The molecule has 3 aliphatic carbocycles. The summed E-state index contributed by atoms with van der Waals surface area (Å²) in [6, 6.07) is 85.7. The zero-order valence-electron chi connectivity index (χ0n) is 35.8. The monoisotopic (exact) mass is 816 g/mol. The first-order valence-corrected chi connectivity index (χ1v) is 22.4. The van der Waals surface area contributed by atoms with Crippen molar-refractivity contribution in [2.24, 2.45) is 0 Å². The van der Waals surface area contributed by atoms with Crippen molar-refractivity contribution in [3.63, 3.8) is 0 Å². The highest BCUT2D eigenvalue weighted by atomic mass is 15.1. The minimum atomic E-state index is -0.553. The molecule has 0 saturated heterocycles. The van der Waals surface area contributed by atoms with Crippen molar-refractivity contribution in [2.75, 3.05) is 9.80 Å². The van der Waals surface area contributed by atoms with Gasteiger partial charge in [0.2, 0.25) is 0 Å². The van der Waals surface area contributed by atoms with Crippen LogP contribution in [0.1, 0.15) is 47.2 Å². The Balaban J connectivity index is 1.09. The third kappa shape index (κ3) is 5.02. The number of hydrogen-bond donors (Lipinski definition) is 0. The predicted octanol–water partition coefficient (Wildman–Crippen LogP) is 16.4. The van der Waals surface area contributed by atoms with Gasteiger partial charge in [0.25, 0.3) is 0 Å². The van der Waals surface area contributed by atoms with Gasteiger partial charge in [-0.15, -0.1) is 0 Å². The number of benzene rings is 10. The molecule has 2 nitrogen and oxygen atoms in total. The van der Waals surface area contributed by atoms with Gasteiger partial charge in [-0.05, 0) is 139 Å². The highest BCUT2D eigenvalue weighted by Gasteiger charge is 2.52. The lowest BCUT2D eigenvalue weighted by atomic mass is 9.70. The standard InChI is InChI=1S/C62H44N2/c1-61(2)53-31-17-14-26-46(53)51-39-45(34-36-54(51)61)64(43-24-10-5-11-25-43)59-40-58-60(49-29-13-12-28-48(49)59)50-30-16-19-33-56(50)62(58)55-32-18-15-27-47(55)52-38-44(35-37-57(52)62)63(41-20-6-3-7-21-41)42-22-8-4-9-23-42/h3-40H,1-2H3. The van der Waals surface area contributed by atoms with Crippen molar-refractivity contribution >= 4 is 44.9 Å². The second-order valence-electron chi connectivity index (χ2n) is 18.0. The molecule has 0 fully saturated rings. The Labute approximate surface area is 375 Å². The van der Waals surface area contributed by atoms with Gasteiger partial charge in [-0.3, -0.25) is 0 Å². The molecule has 3 aliphatic rings. The molecule has 0 heterocycles. The van der Waals surface area contributed by atoms with Gasteiger partial charge in [0.05, 0.1) is 11.1 Å². The van der Waals surface area contributed by atoms with E-state index in [2.05, 4.69) is 254 Å². The number of para-hydroxylation sites is 3. The van der Waals surface area contributed by atoms with Crippen LogP contribution in [0.3, 0.4) is 0 Å². The van der Waals surface area contributed by atoms with Crippen molar-refractivity contribution in [2.45, 2.75) is 24.7 Å². The first-order valence-electron chi connectivity index (χ1n) is 22.4. The summed E-state index contributed by atoms with van der Waals surface area (Å²) in [5, 5.41) is 2.48. The third-order valence-corrected chi connectivity index (χ3v) is 14.4. The second-order valence-corrected chi connectivity index (χ2v) is 18.0. The maximum Gasteiger partial charge on any atom is 0.0726 e. The average molecular weight is 817 g/mol. The fourth-order valence-electron chi connectivity index (χ4n) is 11.7. The Morgan fingerprint density at radius 1 is 0.281 bits per heavy atom. The van der Waals surface area contributed by atoms with Crippen molar-refractivity contribution < 1.29 is 0 Å². The molecule has 0 saturated carbocycles. The normalized spacial score (nSPS) is 15.5. The molecule has 0 bridgehead atoms. The van der Waals surface area contributed by atoms with E-state index >= 15 is 0 Å². The molecule has 0 radical (unpaired) electrons. The van der Waals surface area contributed by atoms with E-state index in [1.807, 2.05) is 0 Å². The van der Waals surface area contributed by atoms with Crippen molar-refractivity contribution in [3.05, 3.63) is 264 Å². The van der Waals surface area contributed by atoms with Gasteiger partial charge in [0, 0.05) is 39.2 Å². The van der Waals surface area contributed by atoms with Gasteiger partial charge in [-0.2, -0.15) is 0 Å². The van der Waals surface area contributed by atoms with E-state index in [0.29, 0.717) is 0 Å². The van der Waals surface area contributed by atoms with Crippen LogP contribution in [0, 0.1) is 0 Å². The number of nitrogens with zero attached hydrogens (tertiary/aromatic N) is 2. The highest BCUT2D eigenvalue weighted by Crippen LogP contribution is 2.65. The van der Waals surface area contributed by atoms with Crippen molar-refractivity contribution in [1.82, 2.24) is 0 Å². The van der Waals surface area contributed by atoms with Gasteiger partial charge in [-0.25, -0.2) is 0 Å². The predicted molar refractivity (Wildman–Crippen MR) is 267 cm³/mol. The largest absolute Gasteiger partial charge is 0.310 e. The Kier molecular flexibility index (Phi) is 7.90. The fourth-order valence-corrected chi connectivity index (χ4v) is 11.7. The Bertz CT molecular complexity index is 3440. The van der Waals surface area contributed by atoms with E-state index in [1.165, 1.54) is 83.2 Å². The lowest BCUT2D eigenvalue weighted by molar-refractivity contribution is 0.660. The molecule has 0 aromatic heterocycles. The molecule has 1 spiro atoms. The van der Waals surface area contributed by atoms with Gasteiger partial charge < -0.3 is 9.80 Å². The molecule has 1 unspecified atom stereocenters. The minimum absolute atomic E-state index is 0.0806. The Hall–Kier alpha value is -7.94. The molecule has 64 heavy (non-hydrogen) atoms. The summed E-state index contributed by atoms with van der Waals surface area (Å²) in [5.41, 5.74) is 22.0.